The summed E-state index contributed by atoms with van der Waals surface area (Å²) in [5.74, 6) is -3.41. The van der Waals surface area contributed by atoms with Crippen molar-refractivity contribution in [3.05, 3.63) is 29.8 Å². The van der Waals surface area contributed by atoms with Gasteiger partial charge < -0.3 is 15.4 Å². The fourth-order valence-corrected chi connectivity index (χ4v) is 2.17. The molecule has 0 bridgehead atoms. The molecule has 22 heavy (non-hydrogen) atoms. The minimum Gasteiger partial charge on any atom is -0.385 e. The molecule has 0 aliphatic heterocycles. The van der Waals surface area contributed by atoms with Gasteiger partial charge in [-0.1, -0.05) is 6.07 Å². The quantitative estimate of drug-likeness (QED) is 0.753. The fraction of sp³-hybridized carbons (Fsp3) is 0.467. The molecule has 0 aromatic heterocycles. The third-order valence-electron chi connectivity index (χ3n) is 3.50. The second-order valence-corrected chi connectivity index (χ2v) is 5.17. The summed E-state index contributed by atoms with van der Waals surface area (Å²) in [4.78, 5) is 23.7. The van der Waals surface area contributed by atoms with Crippen LogP contribution in [0.3, 0.4) is 0 Å². The van der Waals surface area contributed by atoms with E-state index in [1.807, 2.05) is 0 Å². The van der Waals surface area contributed by atoms with E-state index in [-0.39, 0.29) is 5.91 Å². The van der Waals surface area contributed by atoms with Gasteiger partial charge in [-0.3, -0.25) is 9.59 Å². The first kappa shape index (κ1) is 16.4. The van der Waals surface area contributed by atoms with Crippen LogP contribution in [0.15, 0.2) is 18.2 Å². The van der Waals surface area contributed by atoms with E-state index < -0.39 is 35.1 Å². The molecule has 7 heteroatoms. The first-order chi connectivity index (χ1) is 10.5. The first-order valence-electron chi connectivity index (χ1n) is 7.06. The second kappa shape index (κ2) is 7.31. The maximum atomic E-state index is 13.4. The maximum Gasteiger partial charge on any atom is 0.228 e. The van der Waals surface area contributed by atoms with E-state index in [4.69, 9.17) is 4.74 Å². The molecule has 2 atom stereocenters. The summed E-state index contributed by atoms with van der Waals surface area (Å²) >= 11 is 0. The molecule has 0 heterocycles. The number of benzene rings is 1. The smallest absolute Gasteiger partial charge is 0.228 e. The Balaban J connectivity index is 1.82. The van der Waals surface area contributed by atoms with Crippen LogP contribution in [-0.4, -0.2) is 32.1 Å². The number of nitrogens with one attached hydrogen (secondary N) is 2. The molecule has 0 radical (unpaired) electrons. The SMILES string of the molecule is COCCCNC(=O)C1CC1C(=O)Nc1c(F)cccc1F. The zero-order valence-electron chi connectivity index (χ0n) is 12.2. The normalized spacial score (nSPS) is 19.6. The third-order valence-corrected chi connectivity index (χ3v) is 3.50. The van der Waals surface area contributed by atoms with Crippen LogP contribution >= 0.6 is 0 Å². The van der Waals surface area contributed by atoms with Crippen molar-refractivity contribution < 1.29 is 23.1 Å². The minimum atomic E-state index is -0.838. The van der Waals surface area contributed by atoms with Crippen molar-refractivity contribution in [2.45, 2.75) is 12.8 Å². The molecular formula is C15H18F2N2O3. The molecule has 2 rings (SSSR count). The molecule has 1 aliphatic carbocycles. The monoisotopic (exact) mass is 312 g/mol. The highest BCUT2D eigenvalue weighted by molar-refractivity contribution is 5.99. The van der Waals surface area contributed by atoms with Crippen LogP contribution in [0, 0.1) is 23.5 Å². The fourth-order valence-electron chi connectivity index (χ4n) is 2.17. The molecule has 0 spiro atoms. The van der Waals surface area contributed by atoms with E-state index in [1.54, 1.807) is 7.11 Å². The summed E-state index contributed by atoms with van der Waals surface area (Å²) in [6.07, 6.45) is 1.07. The minimum absolute atomic E-state index is 0.217. The molecule has 5 nitrogen and oxygen atoms in total. The number of amides is 2. The molecule has 1 aliphatic rings. The zero-order chi connectivity index (χ0) is 16.1. The number of para-hydroxylation sites is 1. The summed E-state index contributed by atoms with van der Waals surface area (Å²) in [5, 5.41) is 4.92. The molecule has 2 N–H and O–H groups in total. The van der Waals surface area contributed by atoms with Gasteiger partial charge in [0, 0.05) is 20.3 Å². The molecule has 1 fully saturated rings. The number of anilines is 1. The van der Waals surface area contributed by atoms with Gasteiger partial charge in [-0.2, -0.15) is 0 Å². The highest BCUT2D eigenvalue weighted by Gasteiger charge is 2.48. The Hall–Kier alpha value is -2.02. The number of rotatable bonds is 7. The summed E-state index contributed by atoms with van der Waals surface area (Å²) < 4.78 is 31.7. The Kier molecular flexibility index (Phi) is 5.43. The van der Waals surface area contributed by atoms with Gasteiger partial charge in [-0.05, 0) is 25.0 Å². The summed E-state index contributed by atoms with van der Waals surface area (Å²) in [6.45, 7) is 1.01. The largest absolute Gasteiger partial charge is 0.385 e. The van der Waals surface area contributed by atoms with Crippen molar-refractivity contribution in [1.29, 1.82) is 0 Å². The van der Waals surface area contributed by atoms with Crippen molar-refractivity contribution in [3.63, 3.8) is 0 Å². The lowest BCUT2D eigenvalue weighted by atomic mass is 10.2. The molecule has 2 amide bonds. The van der Waals surface area contributed by atoms with Crippen LogP contribution in [0.5, 0.6) is 0 Å². The van der Waals surface area contributed by atoms with Crippen molar-refractivity contribution in [1.82, 2.24) is 5.32 Å². The Bertz CT molecular complexity index is 545. The summed E-state index contributed by atoms with van der Waals surface area (Å²) in [6, 6.07) is 3.34. The van der Waals surface area contributed by atoms with E-state index in [0.717, 1.165) is 12.1 Å². The second-order valence-electron chi connectivity index (χ2n) is 5.17. The van der Waals surface area contributed by atoms with Crippen LogP contribution in [0.1, 0.15) is 12.8 Å². The molecule has 120 valence electrons. The molecule has 1 aromatic rings. The van der Waals surface area contributed by atoms with Gasteiger partial charge in [0.2, 0.25) is 11.8 Å². The van der Waals surface area contributed by atoms with Crippen molar-refractivity contribution in [2.75, 3.05) is 25.6 Å². The van der Waals surface area contributed by atoms with E-state index in [0.29, 0.717) is 26.0 Å². The maximum absolute atomic E-state index is 13.4. The molecule has 1 saturated carbocycles. The first-order valence-corrected chi connectivity index (χ1v) is 7.06. The number of hydrogen-bond acceptors (Lipinski definition) is 3. The van der Waals surface area contributed by atoms with Gasteiger partial charge in [0.15, 0.2) is 0 Å². The predicted molar refractivity (Wildman–Crippen MR) is 76.1 cm³/mol. The average molecular weight is 312 g/mol. The van der Waals surface area contributed by atoms with Crippen LogP contribution < -0.4 is 10.6 Å². The number of hydrogen-bond donors (Lipinski definition) is 2. The highest BCUT2D eigenvalue weighted by Crippen LogP contribution is 2.39. The Morgan fingerprint density at radius 3 is 2.50 bits per heavy atom. The van der Waals surface area contributed by atoms with Crippen molar-refractivity contribution in [3.8, 4) is 0 Å². The van der Waals surface area contributed by atoms with Gasteiger partial charge in [0.25, 0.3) is 0 Å². The van der Waals surface area contributed by atoms with Crippen molar-refractivity contribution >= 4 is 17.5 Å². The number of carbonyl (C=O) groups excluding carboxylic acids is 2. The van der Waals surface area contributed by atoms with E-state index in [9.17, 15) is 18.4 Å². The predicted octanol–water partition coefficient (Wildman–Crippen LogP) is 1.69. The Morgan fingerprint density at radius 1 is 1.23 bits per heavy atom. The topological polar surface area (TPSA) is 67.4 Å². The van der Waals surface area contributed by atoms with Crippen molar-refractivity contribution in [2.24, 2.45) is 11.8 Å². The standard InChI is InChI=1S/C15H18F2N2O3/c1-22-7-3-6-18-14(20)9-8-10(9)15(21)19-13-11(16)4-2-5-12(13)17/h2,4-5,9-10H,3,6-8H2,1H3,(H,18,20)(H,19,21). The molecule has 2 unspecified atom stereocenters. The lowest BCUT2D eigenvalue weighted by molar-refractivity contribution is -0.125. The summed E-state index contributed by atoms with van der Waals surface area (Å²) in [5.41, 5.74) is -0.473. The zero-order valence-corrected chi connectivity index (χ0v) is 12.2. The van der Waals surface area contributed by atoms with Crippen LogP contribution in [-0.2, 0) is 14.3 Å². The summed E-state index contributed by atoms with van der Waals surface area (Å²) in [7, 11) is 1.57. The van der Waals surface area contributed by atoms with E-state index in [2.05, 4.69) is 10.6 Å². The van der Waals surface area contributed by atoms with Crippen LogP contribution in [0.4, 0.5) is 14.5 Å². The van der Waals surface area contributed by atoms with Gasteiger partial charge >= 0.3 is 0 Å². The van der Waals surface area contributed by atoms with Crippen LogP contribution in [0.2, 0.25) is 0 Å². The van der Waals surface area contributed by atoms with Gasteiger partial charge in [0.1, 0.15) is 17.3 Å². The molecule has 1 aromatic carbocycles. The number of ether oxygens (including phenoxy) is 1. The van der Waals surface area contributed by atoms with E-state index >= 15 is 0 Å². The Labute approximate surface area is 127 Å². The average Bonchev–Trinajstić information content (AvgIpc) is 3.28. The lowest BCUT2D eigenvalue weighted by Crippen LogP contribution is -2.29. The number of carbonyl (C=O) groups is 2. The number of methoxy groups -OCH3 is 1. The van der Waals surface area contributed by atoms with Gasteiger partial charge in [0.05, 0.1) is 11.8 Å². The number of halogens is 2. The van der Waals surface area contributed by atoms with Gasteiger partial charge in [-0.25, -0.2) is 8.78 Å². The third kappa shape index (κ3) is 4.00. The van der Waals surface area contributed by atoms with E-state index in [1.165, 1.54) is 6.07 Å². The van der Waals surface area contributed by atoms with Gasteiger partial charge in [-0.15, -0.1) is 0 Å². The lowest BCUT2D eigenvalue weighted by Gasteiger charge is -2.07. The molecule has 0 saturated heterocycles. The highest BCUT2D eigenvalue weighted by atomic mass is 19.1. The Morgan fingerprint density at radius 2 is 1.86 bits per heavy atom. The molecular weight excluding hydrogens is 294 g/mol. The van der Waals surface area contributed by atoms with Crippen LogP contribution in [0.25, 0.3) is 0 Å².